The van der Waals surface area contributed by atoms with E-state index in [9.17, 15) is 18.3 Å². The van der Waals surface area contributed by atoms with Gasteiger partial charge in [-0.05, 0) is 24.6 Å². The number of anilines is 1. The number of hydrogen-bond acceptors (Lipinski definition) is 7. The van der Waals surface area contributed by atoms with E-state index in [4.69, 9.17) is 9.47 Å². The molecule has 1 N–H and O–H groups in total. The summed E-state index contributed by atoms with van der Waals surface area (Å²) in [6.45, 7) is 3.86. The molecule has 154 valence electrons. The lowest BCUT2D eigenvalue weighted by molar-refractivity contribution is -0.137. The summed E-state index contributed by atoms with van der Waals surface area (Å²) < 4.78 is 51.1. The van der Waals surface area contributed by atoms with E-state index in [0.29, 0.717) is 38.3 Å². The van der Waals surface area contributed by atoms with E-state index in [-0.39, 0.29) is 28.5 Å². The number of alkyl halides is 3. The fourth-order valence-corrected chi connectivity index (χ4v) is 3.27. The molecule has 29 heavy (non-hydrogen) atoms. The predicted molar refractivity (Wildman–Crippen MR) is 97.2 cm³/mol. The van der Waals surface area contributed by atoms with Crippen LogP contribution in [-0.4, -0.2) is 58.1 Å². The second kappa shape index (κ2) is 7.07. The van der Waals surface area contributed by atoms with Gasteiger partial charge >= 0.3 is 6.18 Å². The quantitative estimate of drug-likeness (QED) is 0.712. The molecule has 3 aromatic rings. The molecule has 1 aromatic carbocycles. The molecule has 8 nitrogen and oxygen atoms in total. The van der Waals surface area contributed by atoms with Gasteiger partial charge in [0, 0.05) is 24.7 Å². The minimum atomic E-state index is -4.56. The van der Waals surface area contributed by atoms with Crippen LogP contribution in [-0.2, 0) is 10.9 Å². The Hall–Kier alpha value is -3.08. The molecule has 1 fully saturated rings. The second-order valence-corrected chi connectivity index (χ2v) is 6.59. The summed E-state index contributed by atoms with van der Waals surface area (Å²) in [5.74, 6) is 0.420. The van der Waals surface area contributed by atoms with Gasteiger partial charge in [-0.3, -0.25) is 0 Å². The van der Waals surface area contributed by atoms with Crippen molar-refractivity contribution in [2.75, 3.05) is 38.3 Å². The van der Waals surface area contributed by atoms with E-state index < -0.39 is 17.5 Å². The Balaban J connectivity index is 1.82. The number of rotatable bonds is 3. The summed E-state index contributed by atoms with van der Waals surface area (Å²) in [6.07, 6.45) is -4.56. The van der Waals surface area contributed by atoms with Crippen LogP contribution < -0.4 is 9.64 Å². The number of halogens is 3. The van der Waals surface area contributed by atoms with Crippen molar-refractivity contribution in [2.45, 2.75) is 13.1 Å². The van der Waals surface area contributed by atoms with Crippen molar-refractivity contribution in [1.29, 1.82) is 0 Å². The fourth-order valence-electron chi connectivity index (χ4n) is 3.27. The molecule has 4 rings (SSSR count). The van der Waals surface area contributed by atoms with Gasteiger partial charge in [0.15, 0.2) is 0 Å². The Labute approximate surface area is 163 Å². The van der Waals surface area contributed by atoms with Crippen LogP contribution >= 0.6 is 0 Å². The summed E-state index contributed by atoms with van der Waals surface area (Å²) >= 11 is 0. The molecule has 1 aliphatic heterocycles. The third-order valence-electron chi connectivity index (χ3n) is 4.67. The van der Waals surface area contributed by atoms with Crippen molar-refractivity contribution < 1.29 is 27.8 Å². The second-order valence-electron chi connectivity index (χ2n) is 6.59. The molecule has 3 heterocycles. The Kier molecular flexibility index (Phi) is 4.69. The van der Waals surface area contributed by atoms with Crippen LogP contribution in [0, 0.1) is 6.92 Å². The van der Waals surface area contributed by atoms with Gasteiger partial charge in [0.05, 0.1) is 31.6 Å². The van der Waals surface area contributed by atoms with E-state index in [2.05, 4.69) is 15.1 Å². The average molecular weight is 409 g/mol. The zero-order chi connectivity index (χ0) is 20.8. The minimum Gasteiger partial charge on any atom is -0.507 e. The normalized spacial score (nSPS) is 15.1. The Morgan fingerprint density at radius 3 is 2.48 bits per heavy atom. The maximum absolute atomic E-state index is 13.0. The van der Waals surface area contributed by atoms with Gasteiger partial charge in [-0.1, -0.05) is 0 Å². The first-order valence-electron chi connectivity index (χ1n) is 8.83. The highest BCUT2D eigenvalue weighted by molar-refractivity contribution is 5.73. The van der Waals surface area contributed by atoms with Crippen LogP contribution in [0.25, 0.3) is 17.0 Å². The molecule has 0 saturated carbocycles. The number of nitrogens with zero attached hydrogens (tertiary/aromatic N) is 5. The number of phenols is 1. The highest BCUT2D eigenvalue weighted by Crippen LogP contribution is 2.39. The molecule has 1 saturated heterocycles. The highest BCUT2D eigenvalue weighted by atomic mass is 19.4. The van der Waals surface area contributed by atoms with Gasteiger partial charge in [-0.15, -0.1) is 5.10 Å². The molecule has 0 radical (unpaired) electrons. The number of fused-ring (bicyclic) bond motifs is 1. The number of ether oxygens (including phenoxy) is 2. The van der Waals surface area contributed by atoms with Crippen molar-refractivity contribution in [2.24, 2.45) is 0 Å². The first-order valence-corrected chi connectivity index (χ1v) is 8.83. The Morgan fingerprint density at radius 1 is 1.14 bits per heavy atom. The lowest BCUT2D eigenvalue weighted by Gasteiger charge is -2.25. The van der Waals surface area contributed by atoms with Gasteiger partial charge in [0.1, 0.15) is 5.75 Å². The third kappa shape index (κ3) is 3.53. The van der Waals surface area contributed by atoms with E-state index in [0.717, 1.165) is 6.07 Å². The first-order chi connectivity index (χ1) is 13.8. The van der Waals surface area contributed by atoms with E-state index in [1.54, 1.807) is 0 Å². The zero-order valence-electron chi connectivity index (χ0n) is 15.7. The Morgan fingerprint density at radius 2 is 1.86 bits per heavy atom. The first kappa shape index (κ1) is 19.2. The van der Waals surface area contributed by atoms with Gasteiger partial charge in [-0.2, -0.15) is 22.7 Å². The smallest absolute Gasteiger partial charge is 0.416 e. The van der Waals surface area contributed by atoms with Crippen LogP contribution in [0.5, 0.6) is 11.6 Å². The summed E-state index contributed by atoms with van der Waals surface area (Å²) in [5, 5.41) is 14.7. The number of aryl methyl sites for hydroxylation is 1. The minimum absolute atomic E-state index is 0.176. The van der Waals surface area contributed by atoms with Crippen LogP contribution in [0.1, 0.15) is 11.1 Å². The monoisotopic (exact) mass is 409 g/mol. The van der Waals surface area contributed by atoms with Gasteiger partial charge < -0.3 is 19.5 Å². The van der Waals surface area contributed by atoms with E-state index in [1.165, 1.54) is 24.6 Å². The van der Waals surface area contributed by atoms with Crippen molar-refractivity contribution in [3.05, 3.63) is 29.3 Å². The predicted octanol–water partition coefficient (Wildman–Crippen LogP) is 2.67. The average Bonchev–Trinajstić information content (AvgIpc) is 3.11. The number of phenolic OH excluding ortho intramolecular Hbond substituents is 1. The number of morpholine rings is 1. The summed E-state index contributed by atoms with van der Waals surface area (Å²) in [4.78, 5) is 10.8. The lowest BCUT2D eigenvalue weighted by atomic mass is 10.0. The van der Waals surface area contributed by atoms with Crippen LogP contribution in [0.4, 0.5) is 19.1 Å². The van der Waals surface area contributed by atoms with Crippen molar-refractivity contribution in [1.82, 2.24) is 19.6 Å². The van der Waals surface area contributed by atoms with Gasteiger partial charge in [0.25, 0.3) is 5.78 Å². The summed E-state index contributed by atoms with van der Waals surface area (Å²) in [7, 11) is 1.44. The number of hydrogen-bond donors (Lipinski definition) is 1. The molecule has 2 aromatic heterocycles. The molecule has 0 spiro atoms. The number of benzene rings is 1. The van der Waals surface area contributed by atoms with Gasteiger partial charge in [0.2, 0.25) is 11.8 Å². The SMILES string of the molecule is COc1cc(-c2c(C)cc(C(F)(F)F)cc2O)nc2nc(N3CCOCC3)nn12. The topological polar surface area (TPSA) is 85.0 Å². The summed E-state index contributed by atoms with van der Waals surface area (Å²) in [6, 6.07) is 3.15. The van der Waals surface area contributed by atoms with Crippen LogP contribution in [0.3, 0.4) is 0 Å². The molecule has 0 atom stereocenters. The van der Waals surface area contributed by atoms with Crippen molar-refractivity contribution >= 4 is 11.7 Å². The summed E-state index contributed by atoms with van der Waals surface area (Å²) in [5.41, 5.74) is -0.292. The number of aromatic hydroxyl groups is 1. The number of methoxy groups -OCH3 is 1. The Bertz CT molecular complexity index is 1040. The molecule has 11 heteroatoms. The van der Waals surface area contributed by atoms with Crippen LogP contribution in [0.15, 0.2) is 18.2 Å². The maximum atomic E-state index is 13.0. The van der Waals surface area contributed by atoms with Crippen molar-refractivity contribution in [3.8, 4) is 22.9 Å². The third-order valence-corrected chi connectivity index (χ3v) is 4.67. The fraction of sp³-hybridized carbons (Fsp3) is 0.389. The number of aromatic nitrogens is 4. The standard InChI is InChI=1S/C18H18F3N5O3/c1-10-7-11(18(19,20)21)8-13(27)15(10)12-9-14(28-2)26-16(22-12)23-17(24-26)25-3-5-29-6-4-25/h7-9,27H,3-6H2,1-2H3. The largest absolute Gasteiger partial charge is 0.507 e. The maximum Gasteiger partial charge on any atom is 0.416 e. The van der Waals surface area contributed by atoms with Crippen LogP contribution in [0.2, 0.25) is 0 Å². The molecule has 0 bridgehead atoms. The zero-order valence-corrected chi connectivity index (χ0v) is 15.7. The van der Waals surface area contributed by atoms with E-state index in [1.807, 2.05) is 4.90 Å². The van der Waals surface area contributed by atoms with Gasteiger partial charge in [-0.25, -0.2) is 4.98 Å². The molecule has 0 unspecified atom stereocenters. The molecular weight excluding hydrogens is 391 g/mol. The van der Waals surface area contributed by atoms with E-state index >= 15 is 0 Å². The highest BCUT2D eigenvalue weighted by Gasteiger charge is 2.32. The molecule has 0 aliphatic carbocycles. The van der Waals surface area contributed by atoms with Crippen molar-refractivity contribution in [3.63, 3.8) is 0 Å². The molecule has 0 amide bonds. The lowest BCUT2D eigenvalue weighted by Crippen LogP contribution is -2.36. The molecule has 1 aliphatic rings. The molecular formula is C18H18F3N5O3.